The molecule has 4 unspecified atom stereocenters. The molecule has 242 valence electrons. The monoisotopic (exact) mass is 652 g/mol. The van der Waals surface area contributed by atoms with Gasteiger partial charge in [0.2, 0.25) is 11.6 Å². The Morgan fingerprint density at radius 1 is 0.469 bits per heavy atom. The topological polar surface area (TPSA) is 6.48 Å². The Balaban J connectivity index is 1.27. The third kappa shape index (κ3) is 3.10. The van der Waals surface area contributed by atoms with E-state index in [4.69, 9.17) is 0 Å². The molecule has 0 spiro atoms. The predicted molar refractivity (Wildman–Crippen MR) is 189 cm³/mol. The molecule has 0 aromatic heterocycles. The lowest BCUT2D eigenvalue weighted by atomic mass is 9.33. The summed E-state index contributed by atoms with van der Waals surface area (Å²) in [5.74, 6) is -4.63. The first-order valence-electron chi connectivity index (χ1n) is 17.8. The Bertz CT molecular complexity index is 2090. The van der Waals surface area contributed by atoms with Crippen molar-refractivity contribution in [3.63, 3.8) is 0 Å². The molecule has 0 amide bonds. The molecule has 0 radical (unpaired) electrons. The minimum Gasteiger partial charge on any atom is -0.306 e. The third-order valence-corrected chi connectivity index (χ3v) is 12.8. The fraction of sp³-hybridized carbons (Fsp3) is 0.286. The molecule has 4 atom stereocenters. The Morgan fingerprint density at radius 3 is 1.35 bits per heavy atom. The van der Waals surface area contributed by atoms with Gasteiger partial charge in [0.15, 0.2) is 11.3 Å². The maximum atomic E-state index is 18.1. The number of halogens is 4. The highest BCUT2D eigenvalue weighted by molar-refractivity contribution is 7.00. The highest BCUT2D eigenvalue weighted by Crippen LogP contribution is 2.68. The smallest absolute Gasteiger partial charge is 0.252 e. The van der Waals surface area contributed by atoms with E-state index in [0.717, 1.165) is 27.5 Å². The molecule has 5 aromatic carbocycles. The molecule has 2 fully saturated rings. The fourth-order valence-electron chi connectivity index (χ4n) is 10.8. The molecule has 49 heavy (non-hydrogen) atoms. The van der Waals surface area contributed by atoms with Gasteiger partial charge in [0.25, 0.3) is 6.71 Å². The molecule has 0 saturated heterocycles. The quantitative estimate of drug-likeness (QED) is 0.107. The maximum Gasteiger partial charge on any atom is 0.252 e. The van der Waals surface area contributed by atoms with Crippen molar-refractivity contribution in [2.45, 2.75) is 74.3 Å². The number of rotatable bonds is 2. The van der Waals surface area contributed by atoms with Gasteiger partial charge in [0, 0.05) is 46.7 Å². The van der Waals surface area contributed by atoms with Crippen LogP contribution in [0.5, 0.6) is 0 Å². The van der Waals surface area contributed by atoms with Gasteiger partial charge >= 0.3 is 0 Å². The lowest BCUT2D eigenvalue weighted by Crippen LogP contribution is -2.65. The van der Waals surface area contributed by atoms with Crippen molar-refractivity contribution in [2.75, 3.05) is 9.80 Å². The van der Waals surface area contributed by atoms with Gasteiger partial charge in [-0.3, -0.25) is 0 Å². The van der Waals surface area contributed by atoms with E-state index in [9.17, 15) is 0 Å². The molecule has 7 heteroatoms. The van der Waals surface area contributed by atoms with Crippen molar-refractivity contribution in [1.82, 2.24) is 0 Å². The molecule has 0 N–H and O–H groups in total. The minimum absolute atomic E-state index is 0.0473. The predicted octanol–water partition coefficient (Wildman–Crippen LogP) is 9.28. The van der Waals surface area contributed by atoms with Crippen LogP contribution < -0.4 is 26.2 Å². The zero-order chi connectivity index (χ0) is 32.9. The number of benzene rings is 5. The summed E-state index contributed by atoms with van der Waals surface area (Å²) in [4.78, 5) is 3.26. The zero-order valence-electron chi connectivity index (χ0n) is 27.0. The first-order chi connectivity index (χ1) is 23.8. The summed E-state index contributed by atoms with van der Waals surface area (Å²) in [6, 6.07) is 32.9. The summed E-state index contributed by atoms with van der Waals surface area (Å²) >= 11 is 0. The summed E-state index contributed by atoms with van der Waals surface area (Å²) in [7, 11) is 0. The minimum atomic E-state index is -2.32. The molecule has 4 heterocycles. The van der Waals surface area contributed by atoms with Gasteiger partial charge in [-0.25, -0.2) is 17.6 Å². The highest BCUT2D eigenvalue weighted by atomic mass is 19.2. The van der Waals surface area contributed by atoms with E-state index in [-0.39, 0.29) is 25.7 Å². The second-order valence-electron chi connectivity index (χ2n) is 14.9. The summed E-state index contributed by atoms with van der Waals surface area (Å²) < 4.78 is 72.3. The standard InChI is InChI=1S/C42H33BF4N2/c44-39-22-7-9-24-41(39,46)48-32-16-11-17-33-36(32)43(30-20-18-28(34(39)37(30)48)26-12-3-1-4-13-26)31-21-19-29(27-14-5-2-6-15-27)35-38(31)49(33)42(47)25-10-8-23-40(35,42)45/h1-6,11-21H,7-10,22-25H2. The van der Waals surface area contributed by atoms with Gasteiger partial charge in [-0.15, -0.1) is 0 Å². The summed E-state index contributed by atoms with van der Waals surface area (Å²) in [6.07, 6.45) is 2.59. The molecule has 2 saturated carbocycles. The first-order valence-corrected chi connectivity index (χ1v) is 17.8. The molecule has 4 aliphatic heterocycles. The van der Waals surface area contributed by atoms with Gasteiger partial charge in [0.1, 0.15) is 0 Å². The number of nitrogens with zero attached hydrogens (tertiary/aromatic N) is 2. The summed E-state index contributed by atoms with van der Waals surface area (Å²) in [6.45, 7) is -0.449. The molecular weight excluding hydrogens is 619 g/mol. The SMILES string of the molecule is FC12CCCCC1(F)N1c3cccc4c3B(c3ccc(-c5ccccc5)c2c31)c1ccc(-c2ccccc2)c2c1N4C1(F)CCCCC21F. The van der Waals surface area contributed by atoms with Crippen molar-refractivity contribution in [3.05, 3.63) is 114 Å². The number of hydrogen-bond donors (Lipinski definition) is 0. The molecule has 0 bridgehead atoms. The van der Waals surface area contributed by atoms with Crippen LogP contribution in [0.2, 0.25) is 0 Å². The zero-order valence-corrected chi connectivity index (χ0v) is 27.0. The van der Waals surface area contributed by atoms with E-state index in [1.165, 1.54) is 0 Å². The van der Waals surface area contributed by atoms with Crippen molar-refractivity contribution < 1.29 is 17.6 Å². The molecule has 2 nitrogen and oxygen atoms in total. The Labute approximate surface area is 283 Å². The van der Waals surface area contributed by atoms with Crippen LogP contribution in [0.3, 0.4) is 0 Å². The van der Waals surface area contributed by atoms with E-state index < -0.39 is 29.6 Å². The molecule has 2 aliphatic carbocycles. The lowest BCUT2D eigenvalue weighted by Gasteiger charge is -2.49. The van der Waals surface area contributed by atoms with Gasteiger partial charge in [0.05, 0.1) is 0 Å². The van der Waals surface area contributed by atoms with E-state index in [0.29, 0.717) is 70.7 Å². The van der Waals surface area contributed by atoms with Gasteiger partial charge in [-0.05, 0) is 89.3 Å². The van der Waals surface area contributed by atoms with Crippen LogP contribution in [-0.2, 0) is 11.3 Å². The number of hydrogen-bond acceptors (Lipinski definition) is 2. The van der Waals surface area contributed by atoms with Gasteiger partial charge < -0.3 is 9.80 Å². The lowest BCUT2D eigenvalue weighted by molar-refractivity contribution is -0.0616. The van der Waals surface area contributed by atoms with E-state index in [1.54, 1.807) is 9.80 Å². The van der Waals surface area contributed by atoms with Crippen molar-refractivity contribution in [2.24, 2.45) is 0 Å². The third-order valence-electron chi connectivity index (χ3n) is 12.8. The number of anilines is 4. The highest BCUT2D eigenvalue weighted by Gasteiger charge is 2.71. The molecule has 11 rings (SSSR count). The average molecular weight is 653 g/mol. The fourth-order valence-corrected chi connectivity index (χ4v) is 10.8. The average Bonchev–Trinajstić information content (AvgIpc) is 3.49. The largest absolute Gasteiger partial charge is 0.306 e. The molecular formula is C42H33BF4N2. The van der Waals surface area contributed by atoms with Crippen LogP contribution in [0.15, 0.2) is 103 Å². The molecule has 6 aliphatic rings. The van der Waals surface area contributed by atoms with Crippen molar-refractivity contribution in [1.29, 1.82) is 0 Å². The van der Waals surface area contributed by atoms with Crippen molar-refractivity contribution >= 4 is 45.9 Å². The van der Waals surface area contributed by atoms with Crippen LogP contribution in [0.4, 0.5) is 40.3 Å². The van der Waals surface area contributed by atoms with Crippen molar-refractivity contribution in [3.8, 4) is 22.3 Å². The van der Waals surface area contributed by atoms with E-state index in [2.05, 4.69) is 0 Å². The Kier molecular flexibility index (Phi) is 5.31. The summed E-state index contributed by atoms with van der Waals surface area (Å²) in [5, 5.41) is 0. The maximum absolute atomic E-state index is 18.1. The van der Waals surface area contributed by atoms with Gasteiger partial charge in [-0.2, -0.15) is 0 Å². The second-order valence-corrected chi connectivity index (χ2v) is 14.9. The first kappa shape index (κ1) is 28.3. The Morgan fingerprint density at radius 2 is 0.898 bits per heavy atom. The van der Waals surface area contributed by atoms with Crippen LogP contribution in [0, 0.1) is 0 Å². The normalized spacial score (nSPS) is 29.6. The number of fused-ring (bicyclic) bond motifs is 10. The Hall–Kier alpha value is -4.52. The second kappa shape index (κ2) is 9.18. The van der Waals surface area contributed by atoms with Crippen LogP contribution >= 0.6 is 0 Å². The van der Waals surface area contributed by atoms with Crippen LogP contribution in [-0.4, -0.2) is 18.3 Å². The van der Waals surface area contributed by atoms with Crippen LogP contribution in [0.1, 0.15) is 62.5 Å². The van der Waals surface area contributed by atoms with Gasteiger partial charge in [-0.1, -0.05) is 91.0 Å². The summed E-state index contributed by atoms with van der Waals surface area (Å²) in [5.41, 5.74) is 4.03. The van der Waals surface area contributed by atoms with E-state index >= 15 is 17.6 Å². The van der Waals surface area contributed by atoms with Crippen LogP contribution in [0.25, 0.3) is 22.3 Å². The number of alkyl halides is 4. The molecule has 5 aromatic rings. The van der Waals surface area contributed by atoms with E-state index in [1.807, 2.05) is 103 Å².